The first kappa shape index (κ1) is 29.7. The van der Waals surface area contributed by atoms with E-state index in [1.807, 2.05) is 36.4 Å². The molecule has 2 amide bonds. The van der Waals surface area contributed by atoms with Crippen molar-refractivity contribution in [3.8, 4) is 29.4 Å². The summed E-state index contributed by atoms with van der Waals surface area (Å²) in [5.41, 5.74) is 9.10. The van der Waals surface area contributed by atoms with Crippen LogP contribution in [0, 0.1) is 23.7 Å². The van der Waals surface area contributed by atoms with Crippen LogP contribution in [0.15, 0.2) is 72.8 Å². The molecule has 3 aromatic rings. The SMILES string of the molecule is COc1ccc(CCCC(=O)Nc2ccc(C#CC#Cc3ccc(C(=O)N[C@@H](CN)C(=O)CO)cc3)cc2)cc1. The number of nitrogens with two attached hydrogens (primary N) is 1. The number of benzene rings is 3. The van der Waals surface area contributed by atoms with Gasteiger partial charge >= 0.3 is 0 Å². The summed E-state index contributed by atoms with van der Waals surface area (Å²) in [6.07, 6.45) is 1.98. The Kier molecular flexibility index (Phi) is 11.5. The van der Waals surface area contributed by atoms with Gasteiger partial charge in [0.05, 0.1) is 7.11 Å². The molecule has 3 rings (SSSR count). The number of carbonyl (C=O) groups is 3. The van der Waals surface area contributed by atoms with E-state index in [1.54, 1.807) is 43.5 Å². The van der Waals surface area contributed by atoms with E-state index in [0.29, 0.717) is 23.2 Å². The Morgan fingerprint density at radius 2 is 1.50 bits per heavy atom. The number of aryl methyl sites for hydroxylation is 1. The van der Waals surface area contributed by atoms with Crippen molar-refractivity contribution in [1.29, 1.82) is 0 Å². The maximum absolute atomic E-state index is 12.3. The van der Waals surface area contributed by atoms with Crippen molar-refractivity contribution in [3.05, 3.63) is 95.1 Å². The van der Waals surface area contributed by atoms with Crippen LogP contribution in [-0.2, 0) is 16.0 Å². The third-order valence-corrected chi connectivity index (χ3v) is 5.91. The van der Waals surface area contributed by atoms with Crippen LogP contribution in [0.25, 0.3) is 0 Å². The molecule has 40 heavy (non-hydrogen) atoms. The second-order valence-corrected chi connectivity index (χ2v) is 8.79. The average molecular weight is 538 g/mol. The van der Waals surface area contributed by atoms with E-state index in [1.165, 1.54) is 0 Å². The Balaban J connectivity index is 1.45. The molecule has 8 nitrogen and oxygen atoms in total. The molecule has 0 radical (unpaired) electrons. The Morgan fingerprint density at radius 3 is 2.05 bits per heavy atom. The molecule has 0 unspecified atom stereocenters. The van der Waals surface area contributed by atoms with Crippen LogP contribution >= 0.6 is 0 Å². The van der Waals surface area contributed by atoms with Gasteiger partial charge < -0.3 is 26.2 Å². The second-order valence-electron chi connectivity index (χ2n) is 8.79. The molecule has 0 aliphatic rings. The van der Waals surface area contributed by atoms with E-state index in [0.717, 1.165) is 29.7 Å². The van der Waals surface area contributed by atoms with Crippen molar-refractivity contribution in [2.24, 2.45) is 5.73 Å². The maximum Gasteiger partial charge on any atom is 0.251 e. The number of aliphatic hydroxyl groups excluding tert-OH is 1. The van der Waals surface area contributed by atoms with Crippen LogP contribution < -0.4 is 21.1 Å². The molecule has 0 bridgehead atoms. The molecule has 8 heteroatoms. The largest absolute Gasteiger partial charge is 0.497 e. The summed E-state index contributed by atoms with van der Waals surface area (Å²) in [5.74, 6) is 11.2. The number of ketones is 1. The van der Waals surface area contributed by atoms with Gasteiger partial charge in [0, 0.05) is 35.3 Å². The van der Waals surface area contributed by atoms with Gasteiger partial charge in [-0.1, -0.05) is 24.0 Å². The van der Waals surface area contributed by atoms with E-state index < -0.39 is 24.3 Å². The van der Waals surface area contributed by atoms with Gasteiger partial charge in [0.15, 0.2) is 5.78 Å². The van der Waals surface area contributed by atoms with E-state index in [9.17, 15) is 14.4 Å². The lowest BCUT2D eigenvalue weighted by Crippen LogP contribution is -2.46. The lowest BCUT2D eigenvalue weighted by molar-refractivity contribution is -0.123. The van der Waals surface area contributed by atoms with E-state index >= 15 is 0 Å². The van der Waals surface area contributed by atoms with Crippen molar-refractivity contribution < 1.29 is 24.2 Å². The third-order valence-electron chi connectivity index (χ3n) is 5.91. The van der Waals surface area contributed by atoms with Crippen LogP contribution in [0.3, 0.4) is 0 Å². The molecule has 0 fully saturated rings. The van der Waals surface area contributed by atoms with Crippen LogP contribution in [0.4, 0.5) is 5.69 Å². The number of ether oxygens (including phenoxy) is 1. The van der Waals surface area contributed by atoms with Crippen LogP contribution in [0.2, 0.25) is 0 Å². The summed E-state index contributed by atoms with van der Waals surface area (Å²) in [6, 6.07) is 20.6. The maximum atomic E-state index is 12.3. The fraction of sp³-hybridized carbons (Fsp3) is 0.219. The minimum absolute atomic E-state index is 0.0421. The third kappa shape index (κ3) is 9.45. The molecule has 0 aromatic heterocycles. The average Bonchev–Trinajstić information content (AvgIpc) is 2.99. The number of Topliss-reactive ketones (excluding diaryl/α,β-unsaturated/α-hetero) is 1. The number of carbonyl (C=O) groups excluding carboxylic acids is 3. The molecule has 0 saturated heterocycles. The number of aliphatic hydroxyl groups is 1. The lowest BCUT2D eigenvalue weighted by Gasteiger charge is -2.14. The Labute approximate surface area is 233 Å². The highest BCUT2D eigenvalue weighted by Gasteiger charge is 2.18. The molecule has 1 atom stereocenters. The molecule has 0 saturated carbocycles. The quantitative estimate of drug-likeness (QED) is 0.278. The highest BCUT2D eigenvalue weighted by molar-refractivity contribution is 5.98. The number of methoxy groups -OCH3 is 1. The van der Waals surface area contributed by atoms with Crippen LogP contribution in [0.5, 0.6) is 5.75 Å². The molecule has 204 valence electrons. The first-order valence-corrected chi connectivity index (χ1v) is 12.7. The normalized spacial score (nSPS) is 10.7. The Morgan fingerprint density at radius 1 is 0.900 bits per heavy atom. The topological polar surface area (TPSA) is 131 Å². The van der Waals surface area contributed by atoms with Gasteiger partial charge in [0.25, 0.3) is 5.91 Å². The summed E-state index contributed by atoms with van der Waals surface area (Å²) in [7, 11) is 1.63. The zero-order valence-electron chi connectivity index (χ0n) is 22.2. The molecule has 0 aliphatic heterocycles. The molecule has 0 spiro atoms. The van der Waals surface area contributed by atoms with Crippen molar-refractivity contribution in [3.63, 3.8) is 0 Å². The minimum Gasteiger partial charge on any atom is -0.497 e. The van der Waals surface area contributed by atoms with E-state index in [4.69, 9.17) is 15.6 Å². The van der Waals surface area contributed by atoms with Crippen molar-refractivity contribution >= 4 is 23.3 Å². The number of hydrogen-bond acceptors (Lipinski definition) is 6. The number of nitrogens with one attached hydrogen (secondary N) is 2. The number of anilines is 1. The standard InChI is InChI=1S/C32H31N3O5/c1-40-28-19-13-25(14-20-28)7-4-8-31(38)34-27-17-11-24(12-18-27)6-3-2-5-23-9-15-26(16-10-23)32(39)35-29(21-33)30(37)22-36/h9-20,29,36H,4,7-8,21-22,33H2,1H3,(H,34,38)(H,35,39)/t29-/m0/s1. The highest BCUT2D eigenvalue weighted by Crippen LogP contribution is 2.14. The Hall–Kier alpha value is -4.89. The molecule has 5 N–H and O–H groups in total. The summed E-state index contributed by atoms with van der Waals surface area (Å²) in [5, 5.41) is 14.3. The molecule has 3 aromatic carbocycles. The first-order valence-electron chi connectivity index (χ1n) is 12.7. The monoisotopic (exact) mass is 537 g/mol. The number of amides is 2. The highest BCUT2D eigenvalue weighted by atomic mass is 16.5. The van der Waals surface area contributed by atoms with Crippen LogP contribution in [-0.4, -0.2) is 49.0 Å². The second kappa shape index (κ2) is 15.5. The van der Waals surface area contributed by atoms with Crippen LogP contribution in [0.1, 0.15) is 39.9 Å². The van der Waals surface area contributed by atoms with Gasteiger partial charge in [-0.25, -0.2) is 0 Å². The molecular weight excluding hydrogens is 506 g/mol. The molecule has 0 aliphatic carbocycles. The molecular formula is C32H31N3O5. The van der Waals surface area contributed by atoms with Gasteiger partial charge in [-0.15, -0.1) is 0 Å². The lowest BCUT2D eigenvalue weighted by atomic mass is 10.1. The van der Waals surface area contributed by atoms with Gasteiger partial charge in [-0.05, 0) is 90.9 Å². The van der Waals surface area contributed by atoms with Gasteiger partial charge in [-0.2, -0.15) is 0 Å². The smallest absolute Gasteiger partial charge is 0.251 e. The zero-order valence-corrected chi connectivity index (χ0v) is 22.2. The minimum atomic E-state index is -0.937. The summed E-state index contributed by atoms with van der Waals surface area (Å²) in [4.78, 5) is 36.1. The van der Waals surface area contributed by atoms with Gasteiger partial charge in [0.2, 0.25) is 5.91 Å². The summed E-state index contributed by atoms with van der Waals surface area (Å²) >= 11 is 0. The predicted molar refractivity (Wildman–Crippen MR) is 154 cm³/mol. The van der Waals surface area contributed by atoms with Gasteiger partial charge in [0.1, 0.15) is 18.4 Å². The van der Waals surface area contributed by atoms with E-state index in [2.05, 4.69) is 34.3 Å². The summed E-state index contributed by atoms with van der Waals surface area (Å²) < 4.78 is 5.16. The molecule has 0 heterocycles. The Bertz CT molecular complexity index is 1420. The summed E-state index contributed by atoms with van der Waals surface area (Å²) in [6.45, 7) is -0.790. The predicted octanol–water partition coefficient (Wildman–Crippen LogP) is 2.68. The van der Waals surface area contributed by atoms with E-state index in [-0.39, 0.29) is 12.5 Å². The zero-order chi connectivity index (χ0) is 28.7. The van der Waals surface area contributed by atoms with Crippen molar-refractivity contribution in [1.82, 2.24) is 5.32 Å². The fourth-order valence-electron chi connectivity index (χ4n) is 3.64. The first-order chi connectivity index (χ1) is 19.4. The van der Waals surface area contributed by atoms with Crippen molar-refractivity contribution in [2.75, 3.05) is 25.6 Å². The number of rotatable bonds is 11. The fourth-order valence-corrected chi connectivity index (χ4v) is 3.64. The number of hydrogen-bond donors (Lipinski definition) is 4. The van der Waals surface area contributed by atoms with Gasteiger partial charge in [-0.3, -0.25) is 14.4 Å². The van der Waals surface area contributed by atoms with Crippen molar-refractivity contribution in [2.45, 2.75) is 25.3 Å².